The molecule has 0 bridgehead atoms. The lowest BCUT2D eigenvalue weighted by atomic mass is 10.0. The van der Waals surface area contributed by atoms with E-state index in [0.29, 0.717) is 12.1 Å². The summed E-state index contributed by atoms with van der Waals surface area (Å²) in [6.07, 6.45) is 4.56. The number of nitrogens with one attached hydrogen (secondary N) is 2. The van der Waals surface area contributed by atoms with Crippen molar-refractivity contribution in [2.75, 3.05) is 25.0 Å². The Hall–Kier alpha value is -3.26. The summed E-state index contributed by atoms with van der Waals surface area (Å²) in [6.45, 7) is -1.09. The predicted octanol–water partition coefficient (Wildman–Crippen LogP) is 3.52. The highest BCUT2D eigenvalue weighted by molar-refractivity contribution is 5.92. The Morgan fingerprint density at radius 2 is 1.74 bits per heavy atom. The summed E-state index contributed by atoms with van der Waals surface area (Å²) < 4.78 is 28.6. The van der Waals surface area contributed by atoms with Crippen LogP contribution in [0.15, 0.2) is 60.7 Å². The predicted molar refractivity (Wildman–Crippen MR) is 115 cm³/mol. The Kier molecular flexibility index (Phi) is 8.12. The Bertz CT molecular complexity index is 881. The first-order valence-electron chi connectivity index (χ1n) is 10.1. The SMILES string of the molecule is O=C(/C=C/c1ccc(OC(F)F)cc1)NC1CCN(CC(=O)Nc2ccccc2)CC1. The first kappa shape index (κ1) is 22.4. The molecule has 2 aromatic rings. The van der Waals surface area contributed by atoms with Gasteiger partial charge in [0.05, 0.1) is 6.54 Å². The van der Waals surface area contributed by atoms with Crippen LogP contribution >= 0.6 is 0 Å². The van der Waals surface area contributed by atoms with Crippen LogP contribution in [0, 0.1) is 0 Å². The van der Waals surface area contributed by atoms with Gasteiger partial charge in [0.15, 0.2) is 0 Å². The van der Waals surface area contributed by atoms with E-state index in [4.69, 9.17) is 0 Å². The normalized spacial score (nSPS) is 15.2. The molecule has 2 amide bonds. The van der Waals surface area contributed by atoms with Crippen molar-refractivity contribution in [2.24, 2.45) is 0 Å². The second-order valence-electron chi connectivity index (χ2n) is 7.25. The molecule has 8 heteroatoms. The molecule has 0 aliphatic carbocycles. The summed E-state index contributed by atoms with van der Waals surface area (Å²) in [5.74, 6) is -0.199. The first-order valence-corrected chi connectivity index (χ1v) is 10.1. The number of alkyl halides is 2. The largest absolute Gasteiger partial charge is 0.435 e. The number of halogens is 2. The number of benzene rings is 2. The summed E-state index contributed by atoms with van der Waals surface area (Å²) in [4.78, 5) is 26.4. The van der Waals surface area contributed by atoms with Gasteiger partial charge in [0.2, 0.25) is 11.8 Å². The van der Waals surface area contributed by atoms with E-state index in [9.17, 15) is 18.4 Å². The van der Waals surface area contributed by atoms with E-state index in [2.05, 4.69) is 20.3 Å². The van der Waals surface area contributed by atoms with Crippen LogP contribution in [0.3, 0.4) is 0 Å². The molecule has 0 saturated carbocycles. The number of rotatable bonds is 8. The van der Waals surface area contributed by atoms with Gasteiger partial charge in [-0.3, -0.25) is 14.5 Å². The lowest BCUT2D eigenvalue weighted by Crippen LogP contribution is -2.46. The van der Waals surface area contributed by atoms with Crippen LogP contribution < -0.4 is 15.4 Å². The van der Waals surface area contributed by atoms with E-state index in [1.54, 1.807) is 18.2 Å². The van der Waals surface area contributed by atoms with Gasteiger partial charge < -0.3 is 15.4 Å². The number of amides is 2. The van der Waals surface area contributed by atoms with Crippen molar-refractivity contribution in [3.05, 3.63) is 66.2 Å². The maximum atomic E-state index is 12.2. The van der Waals surface area contributed by atoms with Gasteiger partial charge in [-0.15, -0.1) is 0 Å². The molecule has 0 atom stereocenters. The highest BCUT2D eigenvalue weighted by Gasteiger charge is 2.21. The third-order valence-electron chi connectivity index (χ3n) is 4.89. The summed E-state index contributed by atoms with van der Waals surface area (Å²) in [6, 6.07) is 15.4. The number of hydrogen-bond acceptors (Lipinski definition) is 4. The van der Waals surface area contributed by atoms with E-state index in [1.807, 2.05) is 30.3 Å². The quantitative estimate of drug-likeness (QED) is 0.630. The lowest BCUT2D eigenvalue weighted by Gasteiger charge is -2.31. The van der Waals surface area contributed by atoms with Crippen LogP contribution in [0.4, 0.5) is 14.5 Å². The topological polar surface area (TPSA) is 70.7 Å². The molecule has 1 fully saturated rings. The Morgan fingerprint density at radius 3 is 2.39 bits per heavy atom. The average Bonchev–Trinajstić information content (AvgIpc) is 2.75. The molecule has 0 spiro atoms. The number of nitrogens with zero attached hydrogens (tertiary/aromatic N) is 1. The van der Waals surface area contributed by atoms with Gasteiger partial charge in [-0.2, -0.15) is 8.78 Å². The summed E-state index contributed by atoms with van der Waals surface area (Å²) in [7, 11) is 0. The number of hydrogen-bond donors (Lipinski definition) is 2. The molecule has 2 aromatic carbocycles. The van der Waals surface area contributed by atoms with Crippen LogP contribution in [0.5, 0.6) is 5.75 Å². The van der Waals surface area contributed by atoms with Gasteiger partial charge in [-0.25, -0.2) is 0 Å². The molecule has 3 rings (SSSR count). The van der Waals surface area contributed by atoms with Gasteiger partial charge in [-0.05, 0) is 48.7 Å². The van der Waals surface area contributed by atoms with Gasteiger partial charge >= 0.3 is 6.61 Å². The van der Waals surface area contributed by atoms with E-state index in [-0.39, 0.29) is 23.6 Å². The van der Waals surface area contributed by atoms with Crippen LogP contribution in [-0.2, 0) is 9.59 Å². The number of piperidine rings is 1. The van der Waals surface area contributed by atoms with Crippen molar-refractivity contribution in [1.29, 1.82) is 0 Å². The molecule has 1 aliphatic rings. The molecule has 0 aromatic heterocycles. The molecule has 164 valence electrons. The molecular formula is C23H25F2N3O3. The maximum Gasteiger partial charge on any atom is 0.387 e. The highest BCUT2D eigenvalue weighted by atomic mass is 19.3. The summed E-state index contributed by atoms with van der Waals surface area (Å²) >= 11 is 0. The number of likely N-dealkylation sites (tertiary alicyclic amines) is 1. The summed E-state index contributed by atoms with van der Waals surface area (Å²) in [5, 5.41) is 5.84. The molecule has 1 aliphatic heterocycles. The van der Waals surface area contributed by atoms with Gasteiger partial charge in [0.25, 0.3) is 0 Å². The molecule has 0 unspecified atom stereocenters. The minimum atomic E-state index is -2.86. The molecule has 6 nitrogen and oxygen atoms in total. The zero-order valence-corrected chi connectivity index (χ0v) is 17.0. The molecule has 1 heterocycles. The molecular weight excluding hydrogens is 404 g/mol. The Labute approximate surface area is 179 Å². The van der Waals surface area contributed by atoms with Crippen LogP contribution in [0.1, 0.15) is 18.4 Å². The lowest BCUT2D eigenvalue weighted by molar-refractivity contribution is -0.119. The van der Waals surface area contributed by atoms with Crippen molar-refractivity contribution in [1.82, 2.24) is 10.2 Å². The monoisotopic (exact) mass is 429 g/mol. The number of para-hydroxylation sites is 1. The zero-order valence-electron chi connectivity index (χ0n) is 17.0. The molecule has 31 heavy (non-hydrogen) atoms. The van der Waals surface area contributed by atoms with Crippen molar-refractivity contribution in [3.63, 3.8) is 0 Å². The fourth-order valence-electron chi connectivity index (χ4n) is 3.34. The maximum absolute atomic E-state index is 12.2. The van der Waals surface area contributed by atoms with Gasteiger partial charge in [-0.1, -0.05) is 30.3 Å². The van der Waals surface area contributed by atoms with Crippen molar-refractivity contribution >= 4 is 23.6 Å². The average molecular weight is 429 g/mol. The van der Waals surface area contributed by atoms with Crippen LogP contribution in [0.25, 0.3) is 6.08 Å². The number of ether oxygens (including phenoxy) is 1. The third-order valence-corrected chi connectivity index (χ3v) is 4.89. The fraction of sp³-hybridized carbons (Fsp3) is 0.304. The van der Waals surface area contributed by atoms with Crippen molar-refractivity contribution in [2.45, 2.75) is 25.5 Å². The first-order chi connectivity index (χ1) is 15.0. The van der Waals surface area contributed by atoms with E-state index < -0.39 is 6.61 Å². The Balaban J connectivity index is 1.37. The zero-order chi connectivity index (χ0) is 22.1. The number of carbonyl (C=O) groups is 2. The van der Waals surface area contributed by atoms with Crippen molar-refractivity contribution in [3.8, 4) is 5.75 Å². The standard InChI is InChI=1S/C23H25F2N3O3/c24-23(25)31-20-9-6-17(7-10-20)8-11-21(29)26-19-12-14-28(15-13-19)16-22(30)27-18-4-2-1-3-5-18/h1-11,19,23H,12-16H2,(H,26,29)(H,27,30)/b11-8+. The molecule has 0 radical (unpaired) electrons. The minimum absolute atomic E-state index is 0.0485. The highest BCUT2D eigenvalue weighted by Crippen LogP contribution is 2.16. The third kappa shape index (κ3) is 7.82. The second-order valence-corrected chi connectivity index (χ2v) is 7.25. The van der Waals surface area contributed by atoms with E-state index in [0.717, 1.165) is 31.6 Å². The van der Waals surface area contributed by atoms with E-state index in [1.165, 1.54) is 18.2 Å². The number of anilines is 1. The molecule has 2 N–H and O–H groups in total. The van der Waals surface area contributed by atoms with Gasteiger partial charge in [0.1, 0.15) is 5.75 Å². The van der Waals surface area contributed by atoms with Crippen molar-refractivity contribution < 1.29 is 23.1 Å². The smallest absolute Gasteiger partial charge is 0.387 e. The van der Waals surface area contributed by atoms with Gasteiger partial charge in [0, 0.05) is 30.9 Å². The summed E-state index contributed by atoms with van der Waals surface area (Å²) in [5.41, 5.74) is 1.48. The second kappa shape index (κ2) is 11.2. The number of carbonyl (C=O) groups excluding carboxylic acids is 2. The van der Waals surface area contributed by atoms with E-state index >= 15 is 0 Å². The minimum Gasteiger partial charge on any atom is -0.435 e. The van der Waals surface area contributed by atoms with Crippen LogP contribution in [-0.4, -0.2) is 49.0 Å². The Morgan fingerprint density at radius 1 is 1.06 bits per heavy atom. The van der Waals surface area contributed by atoms with Crippen LogP contribution in [0.2, 0.25) is 0 Å². The fourth-order valence-corrected chi connectivity index (χ4v) is 3.34. The molecule has 1 saturated heterocycles.